The topological polar surface area (TPSA) is 79.8 Å². The Bertz CT molecular complexity index is 538. The Balaban J connectivity index is 2.41. The van der Waals surface area contributed by atoms with Crippen molar-refractivity contribution < 1.29 is 13.2 Å². The minimum absolute atomic E-state index is 0.0796. The predicted octanol–water partition coefficient (Wildman–Crippen LogP) is 0.405. The molecule has 6 nitrogen and oxygen atoms in total. The minimum Gasteiger partial charge on any atom is -0.497 e. The Hall–Kier alpha value is -1.76. The Morgan fingerprint density at radius 2 is 1.90 bits per heavy atom. The molecule has 0 saturated heterocycles. The van der Waals surface area contributed by atoms with Gasteiger partial charge in [0.1, 0.15) is 15.6 Å². The van der Waals surface area contributed by atoms with Crippen molar-refractivity contribution in [1.82, 2.24) is 10.6 Å². The molecule has 0 spiro atoms. The van der Waals surface area contributed by atoms with E-state index in [1.54, 1.807) is 14.2 Å². The highest BCUT2D eigenvalue weighted by Gasteiger charge is 2.03. The third kappa shape index (κ3) is 6.42. The molecule has 7 heteroatoms. The summed E-state index contributed by atoms with van der Waals surface area (Å²) in [5.41, 5.74) is 1.08. The van der Waals surface area contributed by atoms with E-state index in [1.165, 1.54) is 6.26 Å². The molecule has 20 heavy (non-hydrogen) atoms. The maximum absolute atomic E-state index is 11.0. The van der Waals surface area contributed by atoms with Gasteiger partial charge < -0.3 is 15.4 Å². The number of aliphatic imine (C=N–C) groups is 1. The second kappa shape index (κ2) is 7.74. The first-order chi connectivity index (χ1) is 9.44. The second-order valence-electron chi connectivity index (χ2n) is 4.33. The van der Waals surface area contributed by atoms with Crippen molar-refractivity contribution in [2.75, 3.05) is 32.7 Å². The number of hydrogen-bond donors (Lipinski definition) is 2. The molecule has 1 aromatic rings. The highest BCUT2D eigenvalue weighted by Crippen LogP contribution is 2.10. The van der Waals surface area contributed by atoms with Gasteiger partial charge in [0.2, 0.25) is 0 Å². The standard InChI is InChI=1S/C13H21N3O3S/c1-14-13(15-8-9-20(3,17)18)16-10-11-4-6-12(19-2)7-5-11/h4-7H,8-10H2,1-3H3,(H2,14,15,16). The van der Waals surface area contributed by atoms with E-state index in [9.17, 15) is 8.42 Å². The molecule has 0 fully saturated rings. The van der Waals surface area contributed by atoms with Crippen LogP contribution >= 0.6 is 0 Å². The lowest BCUT2D eigenvalue weighted by Gasteiger charge is -2.11. The molecule has 0 aliphatic carbocycles. The van der Waals surface area contributed by atoms with Crippen LogP contribution in [0.2, 0.25) is 0 Å². The van der Waals surface area contributed by atoms with E-state index in [1.807, 2.05) is 24.3 Å². The Morgan fingerprint density at radius 3 is 2.40 bits per heavy atom. The third-order valence-electron chi connectivity index (χ3n) is 2.61. The maximum Gasteiger partial charge on any atom is 0.191 e. The first kappa shape index (κ1) is 16.3. The van der Waals surface area contributed by atoms with E-state index in [0.29, 0.717) is 19.0 Å². The number of hydrogen-bond acceptors (Lipinski definition) is 4. The number of nitrogens with zero attached hydrogens (tertiary/aromatic N) is 1. The van der Waals surface area contributed by atoms with Crippen LogP contribution in [0.3, 0.4) is 0 Å². The lowest BCUT2D eigenvalue weighted by Crippen LogP contribution is -2.39. The SMILES string of the molecule is CN=C(NCCS(C)(=O)=O)NCc1ccc(OC)cc1. The summed E-state index contributed by atoms with van der Waals surface area (Å²) in [6, 6.07) is 7.68. The second-order valence-corrected chi connectivity index (χ2v) is 6.59. The van der Waals surface area contributed by atoms with Crippen LogP contribution in [-0.2, 0) is 16.4 Å². The number of sulfone groups is 1. The normalized spacial score (nSPS) is 12.1. The van der Waals surface area contributed by atoms with Crippen LogP contribution in [-0.4, -0.2) is 47.1 Å². The molecule has 0 heterocycles. The van der Waals surface area contributed by atoms with Gasteiger partial charge in [-0.2, -0.15) is 0 Å². The van der Waals surface area contributed by atoms with E-state index >= 15 is 0 Å². The molecule has 0 bridgehead atoms. The van der Waals surface area contributed by atoms with Crippen molar-refractivity contribution in [3.63, 3.8) is 0 Å². The zero-order chi connectivity index (χ0) is 15.0. The number of guanidine groups is 1. The van der Waals surface area contributed by atoms with Crippen LogP contribution in [0.4, 0.5) is 0 Å². The molecule has 0 saturated carbocycles. The van der Waals surface area contributed by atoms with Crippen LogP contribution in [0.25, 0.3) is 0 Å². The largest absolute Gasteiger partial charge is 0.497 e. The van der Waals surface area contributed by atoms with Gasteiger partial charge in [-0.05, 0) is 17.7 Å². The van der Waals surface area contributed by atoms with Crippen molar-refractivity contribution in [2.24, 2.45) is 4.99 Å². The zero-order valence-corrected chi connectivity index (χ0v) is 12.8. The van der Waals surface area contributed by atoms with Crippen LogP contribution < -0.4 is 15.4 Å². The molecular weight excluding hydrogens is 278 g/mol. The van der Waals surface area contributed by atoms with E-state index in [-0.39, 0.29) is 5.75 Å². The summed E-state index contributed by atoms with van der Waals surface area (Å²) in [4.78, 5) is 4.03. The van der Waals surface area contributed by atoms with Crippen molar-refractivity contribution >= 4 is 15.8 Å². The number of rotatable bonds is 6. The van der Waals surface area contributed by atoms with E-state index in [0.717, 1.165) is 11.3 Å². The Morgan fingerprint density at radius 1 is 1.25 bits per heavy atom. The van der Waals surface area contributed by atoms with E-state index < -0.39 is 9.84 Å². The Kier molecular flexibility index (Phi) is 6.30. The van der Waals surface area contributed by atoms with Gasteiger partial charge in [0.05, 0.1) is 12.9 Å². The summed E-state index contributed by atoms with van der Waals surface area (Å²) in [5.74, 6) is 1.46. The zero-order valence-electron chi connectivity index (χ0n) is 12.0. The van der Waals surface area contributed by atoms with Gasteiger partial charge in [0.15, 0.2) is 5.96 Å². The van der Waals surface area contributed by atoms with Gasteiger partial charge >= 0.3 is 0 Å². The van der Waals surface area contributed by atoms with Crippen molar-refractivity contribution in [2.45, 2.75) is 6.54 Å². The molecule has 1 rings (SSSR count). The molecule has 0 amide bonds. The van der Waals surface area contributed by atoms with Crippen molar-refractivity contribution in [1.29, 1.82) is 0 Å². The van der Waals surface area contributed by atoms with Crippen LogP contribution in [0, 0.1) is 0 Å². The number of ether oxygens (including phenoxy) is 1. The fraction of sp³-hybridized carbons (Fsp3) is 0.462. The highest BCUT2D eigenvalue weighted by molar-refractivity contribution is 7.90. The van der Waals surface area contributed by atoms with Gasteiger partial charge in [-0.1, -0.05) is 12.1 Å². The average Bonchev–Trinajstić information content (AvgIpc) is 2.42. The fourth-order valence-corrected chi connectivity index (χ4v) is 1.98. The van der Waals surface area contributed by atoms with Crippen molar-refractivity contribution in [3.8, 4) is 5.75 Å². The van der Waals surface area contributed by atoms with Gasteiger partial charge in [-0.3, -0.25) is 4.99 Å². The monoisotopic (exact) mass is 299 g/mol. The number of methoxy groups -OCH3 is 1. The van der Waals surface area contributed by atoms with Gasteiger partial charge in [0.25, 0.3) is 0 Å². The first-order valence-corrected chi connectivity index (χ1v) is 8.26. The minimum atomic E-state index is -2.96. The molecule has 0 aromatic heterocycles. The lowest BCUT2D eigenvalue weighted by atomic mass is 10.2. The van der Waals surface area contributed by atoms with Crippen molar-refractivity contribution in [3.05, 3.63) is 29.8 Å². The van der Waals surface area contributed by atoms with Crippen LogP contribution in [0.15, 0.2) is 29.3 Å². The molecule has 0 aliphatic heterocycles. The van der Waals surface area contributed by atoms with Crippen LogP contribution in [0.5, 0.6) is 5.75 Å². The Labute approximate surface area is 120 Å². The molecule has 0 radical (unpaired) electrons. The summed E-state index contributed by atoms with van der Waals surface area (Å²) >= 11 is 0. The molecule has 112 valence electrons. The average molecular weight is 299 g/mol. The maximum atomic E-state index is 11.0. The van der Waals surface area contributed by atoms with E-state index in [4.69, 9.17) is 4.74 Å². The van der Waals surface area contributed by atoms with E-state index in [2.05, 4.69) is 15.6 Å². The highest BCUT2D eigenvalue weighted by atomic mass is 32.2. The first-order valence-electron chi connectivity index (χ1n) is 6.20. The number of nitrogens with one attached hydrogen (secondary N) is 2. The molecule has 0 atom stereocenters. The molecular formula is C13H21N3O3S. The summed E-state index contributed by atoms with van der Waals surface area (Å²) in [6.45, 7) is 0.934. The molecule has 0 aliphatic rings. The quantitative estimate of drug-likeness (QED) is 0.587. The van der Waals surface area contributed by atoms with Gasteiger partial charge in [0, 0.05) is 26.4 Å². The molecule has 2 N–H and O–H groups in total. The summed E-state index contributed by atoms with van der Waals surface area (Å²) in [6.07, 6.45) is 1.21. The molecule has 0 unspecified atom stereocenters. The summed E-state index contributed by atoms with van der Waals surface area (Å²) in [7, 11) is 0.306. The number of benzene rings is 1. The predicted molar refractivity (Wildman–Crippen MR) is 80.9 cm³/mol. The van der Waals surface area contributed by atoms with Gasteiger partial charge in [-0.15, -0.1) is 0 Å². The fourth-order valence-electron chi connectivity index (χ4n) is 1.50. The lowest BCUT2D eigenvalue weighted by molar-refractivity contribution is 0.414. The van der Waals surface area contributed by atoms with Gasteiger partial charge in [-0.25, -0.2) is 8.42 Å². The summed E-state index contributed by atoms with van der Waals surface area (Å²) in [5, 5.41) is 6.07. The summed E-state index contributed by atoms with van der Waals surface area (Å²) < 4.78 is 27.1. The third-order valence-corrected chi connectivity index (χ3v) is 3.55. The molecule has 1 aromatic carbocycles. The van der Waals surface area contributed by atoms with Crippen LogP contribution in [0.1, 0.15) is 5.56 Å². The smallest absolute Gasteiger partial charge is 0.191 e.